The molecule has 3 atom stereocenters. The van der Waals surface area contributed by atoms with Gasteiger partial charge in [-0.2, -0.15) is 0 Å². The third-order valence-corrected chi connectivity index (χ3v) is 24.0. The molecule has 0 bridgehead atoms. The molecule has 578 valence electrons. The van der Waals surface area contributed by atoms with Gasteiger partial charge in [-0.05, 0) is 144 Å². The average Bonchev–Trinajstić information content (AvgIpc) is 0.782. The Morgan fingerprint density at radius 1 is 0.406 bits per heavy atom. The number of hydrogen-bond donors (Lipinski definition) is 7. The fourth-order valence-corrected chi connectivity index (χ4v) is 17.8. The number of hydrogen-bond acceptors (Lipinski definition) is 19. The van der Waals surface area contributed by atoms with Crippen molar-refractivity contribution in [1.82, 2.24) is 44.8 Å². The van der Waals surface area contributed by atoms with E-state index in [1.165, 1.54) is 18.2 Å². The first-order valence-corrected chi connectivity index (χ1v) is 41.1. The van der Waals surface area contributed by atoms with E-state index < -0.39 is 66.2 Å². The summed E-state index contributed by atoms with van der Waals surface area (Å²) in [6.45, 7) is 3.95. The average molecular weight is 1650 g/mol. The van der Waals surface area contributed by atoms with Crippen molar-refractivity contribution in [3.63, 3.8) is 0 Å². The van der Waals surface area contributed by atoms with Gasteiger partial charge in [0, 0.05) is 126 Å². The molecule has 0 saturated carbocycles. The molecular weight excluding hydrogens is 1560 g/mol. The van der Waals surface area contributed by atoms with E-state index in [0.29, 0.717) is 69.4 Å². The van der Waals surface area contributed by atoms with Gasteiger partial charge < -0.3 is 64.2 Å². The van der Waals surface area contributed by atoms with Gasteiger partial charge in [0.15, 0.2) is 5.60 Å². The lowest BCUT2D eigenvalue weighted by Crippen LogP contribution is -2.53. The number of nitrogens with zero attached hydrogens (tertiary/aromatic N) is 3. The van der Waals surface area contributed by atoms with Gasteiger partial charge in [0.1, 0.15) is 0 Å². The zero-order chi connectivity index (χ0) is 76.2. The molecule has 3 aliphatic heterocycles. The van der Waals surface area contributed by atoms with Crippen molar-refractivity contribution in [3.8, 4) is 0 Å². The zero-order valence-electron chi connectivity index (χ0n) is 58.9. The Morgan fingerprint density at radius 2 is 0.679 bits per heavy atom. The Kier molecular flexibility index (Phi) is 32.1. The molecule has 0 fully saturated rings. The van der Waals surface area contributed by atoms with E-state index in [1.807, 2.05) is 57.5 Å². The van der Waals surface area contributed by atoms with Crippen molar-refractivity contribution in [2.45, 2.75) is 70.5 Å². The number of aliphatic hydroxyl groups is 1. The van der Waals surface area contributed by atoms with Crippen LogP contribution in [0.5, 0.6) is 0 Å². The number of nitrogens with one attached hydrogen (secondary N) is 6. The second kappa shape index (κ2) is 40.1. The van der Waals surface area contributed by atoms with Gasteiger partial charge in [-0.3, -0.25) is 14.4 Å². The number of rotatable bonds is 41. The summed E-state index contributed by atoms with van der Waals surface area (Å²) in [7, 11) is -5.84. The van der Waals surface area contributed by atoms with Crippen LogP contribution in [0.1, 0.15) is 80.7 Å². The Hall–Kier alpha value is -5.20. The molecule has 3 aliphatic rings. The maximum absolute atomic E-state index is 13.7. The molecule has 0 aromatic heterocycles. The maximum Gasteiger partial charge on any atom is 0.253 e. The Balaban J connectivity index is 0.673. The van der Waals surface area contributed by atoms with Gasteiger partial charge in [-0.15, -0.1) is 0 Å². The van der Waals surface area contributed by atoms with Gasteiger partial charge in [0.05, 0.1) is 107 Å². The summed E-state index contributed by atoms with van der Waals surface area (Å²) in [6.07, 6.45) is -1.64. The quantitative estimate of drug-likeness (QED) is 0.0182. The van der Waals surface area contributed by atoms with Crippen molar-refractivity contribution >= 4 is 117 Å². The molecule has 0 aliphatic carbocycles. The van der Waals surface area contributed by atoms with Crippen LogP contribution in [-0.4, -0.2) is 228 Å². The molecule has 6 aromatic carbocycles. The highest BCUT2D eigenvalue weighted by atomic mass is 35.5. The Morgan fingerprint density at radius 3 is 0.972 bits per heavy atom. The molecule has 0 spiro atoms. The topological polar surface area (TPSA) is 311 Å². The van der Waals surface area contributed by atoms with Crippen molar-refractivity contribution in [2.75, 3.05) is 159 Å². The number of sulfonamides is 3. The summed E-state index contributed by atoms with van der Waals surface area (Å²) in [5, 5.41) is 22.6. The van der Waals surface area contributed by atoms with Crippen LogP contribution in [0.2, 0.25) is 30.1 Å². The highest BCUT2D eigenvalue weighted by molar-refractivity contribution is 7.90. The predicted molar refractivity (Wildman–Crippen MR) is 407 cm³/mol. The molecule has 3 amide bonds. The van der Waals surface area contributed by atoms with Crippen LogP contribution >= 0.6 is 69.6 Å². The summed E-state index contributed by atoms with van der Waals surface area (Å²) in [4.78, 5) is 46.9. The van der Waals surface area contributed by atoms with Gasteiger partial charge in [-0.1, -0.05) is 106 Å². The molecule has 9 rings (SSSR count). The third-order valence-electron chi connectivity index (χ3n) is 17.9. The lowest BCUT2D eigenvalue weighted by atomic mass is 9.85. The van der Waals surface area contributed by atoms with Crippen LogP contribution < -0.4 is 30.1 Å². The van der Waals surface area contributed by atoms with Crippen molar-refractivity contribution in [1.29, 1.82) is 0 Å². The minimum atomic E-state index is -3.93. The number of benzene rings is 6. The van der Waals surface area contributed by atoms with Crippen LogP contribution in [0.4, 0.5) is 0 Å². The molecule has 7 N–H and O–H groups in total. The zero-order valence-corrected chi connectivity index (χ0v) is 65.9. The molecule has 0 unspecified atom stereocenters. The molecule has 106 heavy (non-hydrogen) atoms. The van der Waals surface area contributed by atoms with Crippen LogP contribution in [0.3, 0.4) is 0 Å². The fraction of sp³-hybridized carbons (Fsp3) is 0.458. The lowest BCUT2D eigenvalue weighted by molar-refractivity contribution is -0.150. The van der Waals surface area contributed by atoms with E-state index in [9.17, 15) is 44.7 Å². The Labute approximate surface area is 649 Å². The number of carbonyl (C=O) groups excluding carboxylic acids is 3. The van der Waals surface area contributed by atoms with Crippen molar-refractivity contribution < 1.29 is 73.2 Å². The van der Waals surface area contributed by atoms with Crippen LogP contribution in [0.25, 0.3) is 0 Å². The number of likely N-dealkylation sites (N-methyl/N-ethyl adjacent to an activating group) is 3. The van der Waals surface area contributed by atoms with Crippen LogP contribution in [0.15, 0.2) is 124 Å². The summed E-state index contributed by atoms with van der Waals surface area (Å²) >= 11 is 38.8. The number of halogens is 6. The van der Waals surface area contributed by atoms with E-state index in [2.05, 4.69) is 44.8 Å². The minimum absolute atomic E-state index is 0.00213. The van der Waals surface area contributed by atoms with Crippen LogP contribution in [0, 0.1) is 0 Å². The highest BCUT2D eigenvalue weighted by Crippen LogP contribution is 2.42. The number of amides is 3. The van der Waals surface area contributed by atoms with E-state index >= 15 is 0 Å². The van der Waals surface area contributed by atoms with E-state index in [0.717, 1.165) is 50.1 Å². The monoisotopic (exact) mass is 1640 g/mol. The standard InChI is InChI=1S/C72H89Cl6N9O16S3/c1-85-42-60(57-34-51(73)37-66(76)63(57)45-85)48-7-4-10-54(31-48)104(92,93)82-16-22-101-28-25-98-19-13-79-69(88)40-72(91,71(90)81-15-21-100-27-30-103-24-18-84-106(96,97)56-12-6-9-50(33-56)62-44-87(3)47-65-59(62)36-53(75)39-68(65)78)41-70(89)80-14-20-99-26-29-102-23-17-83-105(94,95)55-11-5-8-49(32-55)61-43-86(2)46-64-58(61)35-52(74)38-67(64)77/h4-12,31-39,60-62,82-84,91H,13-30,40-47H2,1-3H3,(H,79,88)(H,80,89)(H,81,90)/t60-,61-,62-/m0/s1. The van der Waals surface area contributed by atoms with Gasteiger partial charge in [0.25, 0.3) is 5.91 Å². The highest BCUT2D eigenvalue weighted by Gasteiger charge is 2.41. The first-order chi connectivity index (χ1) is 50.6. The molecule has 0 radical (unpaired) electrons. The third kappa shape index (κ3) is 24.4. The molecule has 6 aromatic rings. The second-order valence-electron chi connectivity index (χ2n) is 26.0. The summed E-state index contributed by atoms with van der Waals surface area (Å²) in [5.41, 5.74) is 5.53. The SMILES string of the molecule is CN1Cc2c(Cl)cc(Cl)cc2[C@H](c2cccc(S(=O)(=O)NCCOCCOCCNC(=O)CC(O)(CC(=O)NCCOCCOCCNS(=O)(=O)c3cccc([C@@H]4CN(C)Cc5c(Cl)cc(Cl)cc54)c3)C(=O)NCCOCCOCCNS(=O)(=O)c3cccc([C@@H]4CN(C)Cc5c(Cl)cc(Cl)cc54)c3)c2)C1. The molecule has 34 heteroatoms. The molecule has 3 heterocycles. The lowest BCUT2D eigenvalue weighted by Gasteiger charge is -2.33. The summed E-state index contributed by atoms with van der Waals surface area (Å²) in [5.74, 6) is -3.06. The minimum Gasteiger partial charge on any atom is -0.379 e. The van der Waals surface area contributed by atoms with Crippen molar-refractivity contribution in [3.05, 3.63) is 189 Å². The summed E-state index contributed by atoms with van der Waals surface area (Å²) in [6, 6.07) is 30.9. The normalized spacial score (nSPS) is 16.6. The maximum atomic E-state index is 13.7. The van der Waals surface area contributed by atoms with Gasteiger partial charge in [0.2, 0.25) is 41.9 Å². The largest absolute Gasteiger partial charge is 0.379 e. The number of fused-ring (bicyclic) bond motifs is 3. The van der Waals surface area contributed by atoms with Gasteiger partial charge in [-0.25, -0.2) is 39.4 Å². The van der Waals surface area contributed by atoms with E-state index in [1.54, 1.807) is 54.6 Å². The van der Waals surface area contributed by atoms with E-state index in [4.69, 9.17) is 98.0 Å². The smallest absolute Gasteiger partial charge is 0.253 e. The van der Waals surface area contributed by atoms with Crippen LogP contribution in [-0.2, 0) is 92.5 Å². The second-order valence-corrected chi connectivity index (χ2v) is 33.9. The molecule has 0 saturated heterocycles. The first kappa shape index (κ1) is 84.8. The van der Waals surface area contributed by atoms with Crippen molar-refractivity contribution in [2.24, 2.45) is 0 Å². The summed E-state index contributed by atoms with van der Waals surface area (Å²) < 4.78 is 122. The first-order valence-electron chi connectivity index (χ1n) is 34.4. The predicted octanol–water partition coefficient (Wildman–Crippen LogP) is 7.53. The molecule has 25 nitrogen and oxygen atoms in total. The van der Waals surface area contributed by atoms with Gasteiger partial charge >= 0.3 is 0 Å². The van der Waals surface area contributed by atoms with E-state index in [-0.39, 0.29) is 151 Å². The fourth-order valence-electron chi connectivity index (χ4n) is 12.9. The molecular formula is C72H89Cl6N9O16S3. The number of ether oxygens (including phenoxy) is 6. The Bertz CT molecular complexity index is 4200. The number of carbonyl (C=O) groups is 3.